The normalized spacial score (nSPS) is 10.1. The van der Waals surface area contributed by atoms with Crippen LogP contribution in [0.3, 0.4) is 0 Å². The summed E-state index contributed by atoms with van der Waals surface area (Å²) >= 11 is 0. The molecule has 92 valence electrons. The van der Waals surface area contributed by atoms with Gasteiger partial charge in [0.15, 0.2) is 0 Å². The molecule has 18 heavy (non-hydrogen) atoms. The summed E-state index contributed by atoms with van der Waals surface area (Å²) in [4.78, 5) is 11.0. The maximum atomic E-state index is 12.1. The van der Waals surface area contributed by atoms with Crippen molar-refractivity contribution in [1.29, 1.82) is 0 Å². The number of carbonyl (C=O) groups is 1. The van der Waals surface area contributed by atoms with Crippen molar-refractivity contribution in [2.75, 3.05) is 5.43 Å². The van der Waals surface area contributed by atoms with Gasteiger partial charge in [-0.25, -0.2) is 4.79 Å². The number of benzene rings is 2. The first-order valence-corrected chi connectivity index (χ1v) is 5.27. The van der Waals surface area contributed by atoms with Crippen LogP contribution in [0.25, 0.3) is 11.1 Å². The number of rotatable bonds is 4. The molecule has 0 radical (unpaired) electrons. The highest BCUT2D eigenvalue weighted by atomic mass is 19.2. The molecule has 0 amide bonds. The Morgan fingerprint density at radius 3 is 2.39 bits per heavy atom. The van der Waals surface area contributed by atoms with E-state index < -0.39 is 5.97 Å². The Hall–Kier alpha value is -2.40. The van der Waals surface area contributed by atoms with Gasteiger partial charge < -0.3 is 5.11 Å². The average Bonchev–Trinajstić information content (AvgIpc) is 2.40. The summed E-state index contributed by atoms with van der Waals surface area (Å²) in [5.41, 5.74) is 5.32. The fourth-order valence-electron chi connectivity index (χ4n) is 1.70. The third kappa shape index (κ3) is 2.46. The van der Waals surface area contributed by atoms with Crippen LogP contribution >= 0.6 is 0 Å². The number of hydrogen-bond donors (Lipinski definition) is 3. The zero-order valence-electron chi connectivity index (χ0n) is 9.35. The second-order valence-corrected chi connectivity index (χ2v) is 3.65. The standard InChI is InChI=1S/C13H11FN2O2/c14-16-15-12-8-10(6-7-11(12)13(17)18)9-4-2-1-3-5-9/h1-8,15-16H,(H,17,18). The Morgan fingerprint density at radius 1 is 1.06 bits per heavy atom. The predicted molar refractivity (Wildman–Crippen MR) is 66.7 cm³/mol. The van der Waals surface area contributed by atoms with Crippen molar-refractivity contribution in [3.63, 3.8) is 0 Å². The quantitative estimate of drug-likeness (QED) is 0.573. The molecule has 0 aromatic heterocycles. The van der Waals surface area contributed by atoms with Crippen LogP contribution in [0.4, 0.5) is 10.2 Å². The van der Waals surface area contributed by atoms with Gasteiger partial charge in [-0.1, -0.05) is 42.0 Å². The van der Waals surface area contributed by atoms with Crippen LogP contribution in [0.2, 0.25) is 0 Å². The maximum absolute atomic E-state index is 12.1. The van der Waals surface area contributed by atoms with E-state index in [0.717, 1.165) is 11.1 Å². The minimum absolute atomic E-state index is 0.000156. The number of nitrogens with one attached hydrogen (secondary N) is 2. The Bertz CT molecular complexity index is 558. The van der Waals surface area contributed by atoms with Gasteiger partial charge in [0, 0.05) is 0 Å². The largest absolute Gasteiger partial charge is 0.478 e. The monoisotopic (exact) mass is 246 g/mol. The molecule has 4 nitrogen and oxygen atoms in total. The molecule has 0 spiro atoms. The number of carboxylic acids is 1. The molecule has 0 saturated carbocycles. The Labute approximate surface area is 103 Å². The molecule has 3 N–H and O–H groups in total. The highest BCUT2D eigenvalue weighted by Crippen LogP contribution is 2.25. The molecule has 0 atom stereocenters. The molecule has 0 bridgehead atoms. The molecule has 0 aliphatic heterocycles. The first kappa shape index (κ1) is 12.1. The van der Waals surface area contributed by atoms with Gasteiger partial charge in [0.2, 0.25) is 0 Å². The fourth-order valence-corrected chi connectivity index (χ4v) is 1.70. The van der Waals surface area contributed by atoms with Gasteiger partial charge in [0.1, 0.15) is 0 Å². The number of hydrogen-bond acceptors (Lipinski definition) is 3. The van der Waals surface area contributed by atoms with E-state index in [9.17, 15) is 9.28 Å². The Kier molecular flexibility index (Phi) is 3.54. The van der Waals surface area contributed by atoms with Crippen LogP contribution < -0.4 is 11.1 Å². The lowest BCUT2D eigenvalue weighted by molar-refractivity contribution is 0.0698. The number of hydrazine groups is 1. The van der Waals surface area contributed by atoms with E-state index in [-0.39, 0.29) is 11.3 Å². The van der Waals surface area contributed by atoms with Gasteiger partial charge in [-0.3, -0.25) is 5.43 Å². The summed E-state index contributed by atoms with van der Waals surface area (Å²) in [5, 5.41) is 8.96. The van der Waals surface area contributed by atoms with Gasteiger partial charge in [0.05, 0.1) is 11.3 Å². The van der Waals surface area contributed by atoms with E-state index in [0.29, 0.717) is 0 Å². The first-order chi connectivity index (χ1) is 8.72. The molecule has 5 heteroatoms. The van der Waals surface area contributed by atoms with E-state index in [1.165, 1.54) is 11.7 Å². The van der Waals surface area contributed by atoms with E-state index in [2.05, 4.69) is 5.43 Å². The number of aromatic carboxylic acids is 1. The van der Waals surface area contributed by atoms with Crippen LogP contribution in [-0.2, 0) is 0 Å². The van der Waals surface area contributed by atoms with Gasteiger partial charge in [-0.15, -0.1) is 4.48 Å². The summed E-state index contributed by atoms with van der Waals surface area (Å²) in [5.74, 6) is -1.12. The molecule has 0 unspecified atom stereocenters. The lowest BCUT2D eigenvalue weighted by Crippen LogP contribution is -2.14. The van der Waals surface area contributed by atoms with Crippen molar-refractivity contribution < 1.29 is 14.4 Å². The molecule has 2 rings (SSSR count). The zero-order chi connectivity index (χ0) is 13.0. The molecule has 2 aromatic rings. The molecule has 0 fully saturated rings. The fraction of sp³-hybridized carbons (Fsp3) is 0. The molecular weight excluding hydrogens is 235 g/mol. The van der Waals surface area contributed by atoms with Gasteiger partial charge in [-0.05, 0) is 23.3 Å². The molecule has 0 saturated heterocycles. The van der Waals surface area contributed by atoms with Crippen LogP contribution in [-0.4, -0.2) is 11.1 Å². The summed E-state index contributed by atoms with van der Waals surface area (Å²) in [6.07, 6.45) is 0. The summed E-state index contributed by atoms with van der Waals surface area (Å²) in [6, 6.07) is 14.1. The van der Waals surface area contributed by atoms with Gasteiger partial charge in [-0.2, -0.15) is 0 Å². The number of anilines is 1. The van der Waals surface area contributed by atoms with E-state index in [4.69, 9.17) is 5.11 Å². The molecule has 0 aliphatic carbocycles. The molecular formula is C13H11FN2O2. The minimum atomic E-state index is -1.12. The Morgan fingerprint density at radius 2 is 1.78 bits per heavy atom. The molecule has 2 aromatic carbocycles. The first-order valence-electron chi connectivity index (χ1n) is 5.27. The van der Waals surface area contributed by atoms with Gasteiger partial charge in [0.25, 0.3) is 0 Å². The van der Waals surface area contributed by atoms with Crippen molar-refractivity contribution in [3.05, 3.63) is 54.1 Å². The van der Waals surface area contributed by atoms with Crippen LogP contribution in [0.15, 0.2) is 48.5 Å². The lowest BCUT2D eigenvalue weighted by Gasteiger charge is -2.09. The number of halogens is 1. The van der Waals surface area contributed by atoms with E-state index in [1.807, 2.05) is 30.3 Å². The van der Waals surface area contributed by atoms with Crippen LogP contribution in [0, 0.1) is 0 Å². The SMILES string of the molecule is O=C(O)c1ccc(-c2ccccc2)cc1NNF. The summed E-state index contributed by atoms with van der Waals surface area (Å²) < 4.78 is 12.1. The highest BCUT2D eigenvalue weighted by molar-refractivity contribution is 5.95. The summed E-state index contributed by atoms with van der Waals surface area (Å²) in [6.45, 7) is 0. The van der Waals surface area contributed by atoms with Crippen LogP contribution in [0.5, 0.6) is 0 Å². The lowest BCUT2D eigenvalue weighted by atomic mass is 10.0. The third-order valence-corrected chi connectivity index (χ3v) is 2.54. The summed E-state index contributed by atoms with van der Waals surface area (Å²) in [7, 11) is 0. The smallest absolute Gasteiger partial charge is 0.337 e. The molecule has 0 aliphatic rings. The maximum Gasteiger partial charge on any atom is 0.337 e. The topological polar surface area (TPSA) is 61.4 Å². The molecule has 0 heterocycles. The van der Waals surface area contributed by atoms with Gasteiger partial charge >= 0.3 is 5.97 Å². The van der Waals surface area contributed by atoms with Crippen molar-refractivity contribution in [2.24, 2.45) is 0 Å². The second kappa shape index (κ2) is 5.29. The Balaban J connectivity index is 2.46. The van der Waals surface area contributed by atoms with Crippen LogP contribution in [0.1, 0.15) is 10.4 Å². The number of carboxylic acid groups (broad SMARTS) is 1. The zero-order valence-corrected chi connectivity index (χ0v) is 9.35. The van der Waals surface area contributed by atoms with Crippen molar-refractivity contribution in [3.8, 4) is 11.1 Å². The van der Waals surface area contributed by atoms with E-state index in [1.54, 1.807) is 12.1 Å². The van der Waals surface area contributed by atoms with Crippen molar-refractivity contribution >= 4 is 11.7 Å². The van der Waals surface area contributed by atoms with Crippen molar-refractivity contribution in [1.82, 2.24) is 5.65 Å². The second-order valence-electron chi connectivity index (χ2n) is 3.65. The highest BCUT2D eigenvalue weighted by Gasteiger charge is 2.11. The van der Waals surface area contributed by atoms with Crippen molar-refractivity contribution in [2.45, 2.75) is 0 Å². The average molecular weight is 246 g/mol. The third-order valence-electron chi connectivity index (χ3n) is 2.54. The minimum Gasteiger partial charge on any atom is -0.478 e. The predicted octanol–water partition coefficient (Wildman–Crippen LogP) is 2.85. The van der Waals surface area contributed by atoms with E-state index >= 15 is 0 Å².